The van der Waals surface area contributed by atoms with Gasteiger partial charge in [0.2, 0.25) is 0 Å². The maximum atomic E-state index is 12.2. The molecule has 0 radical (unpaired) electrons. The van der Waals surface area contributed by atoms with Crippen LogP contribution >= 0.6 is 0 Å². The molecule has 3 aromatic rings. The van der Waals surface area contributed by atoms with Crippen LogP contribution in [0, 0.1) is 0 Å². The van der Waals surface area contributed by atoms with Gasteiger partial charge in [0.05, 0.1) is 19.8 Å². The summed E-state index contributed by atoms with van der Waals surface area (Å²) in [5, 5.41) is 0.966. The van der Waals surface area contributed by atoms with Crippen LogP contribution < -0.4 is 9.47 Å². The number of fused-ring (bicyclic) bond motifs is 1. The highest BCUT2D eigenvalue weighted by atomic mass is 16.5. The number of esters is 1. The molecule has 0 amide bonds. The van der Waals surface area contributed by atoms with Crippen LogP contribution in [0.5, 0.6) is 11.5 Å². The largest absolute Gasteiger partial charge is 0.497 e. The van der Waals surface area contributed by atoms with Crippen LogP contribution in [-0.4, -0.2) is 13.1 Å². The van der Waals surface area contributed by atoms with Gasteiger partial charge in [0, 0.05) is 10.9 Å². The van der Waals surface area contributed by atoms with Crippen molar-refractivity contribution in [3.8, 4) is 11.5 Å². The highest BCUT2D eigenvalue weighted by Gasteiger charge is 2.13. The molecule has 2 aromatic carbocycles. The lowest BCUT2D eigenvalue weighted by atomic mass is 10.00. The molecule has 0 spiro atoms. The van der Waals surface area contributed by atoms with E-state index in [2.05, 4.69) is 26.0 Å². The Morgan fingerprint density at radius 1 is 1.08 bits per heavy atom. The first-order valence-corrected chi connectivity index (χ1v) is 7.91. The van der Waals surface area contributed by atoms with Crippen LogP contribution in [0.3, 0.4) is 0 Å². The molecule has 3 rings (SSSR count). The first kappa shape index (κ1) is 16.1. The number of carbonyl (C=O) groups is 1. The summed E-state index contributed by atoms with van der Waals surface area (Å²) in [6.07, 6.45) is 1.80. The van der Waals surface area contributed by atoms with Crippen molar-refractivity contribution in [2.24, 2.45) is 0 Å². The number of ether oxygens (including phenoxy) is 2. The van der Waals surface area contributed by atoms with Gasteiger partial charge in [-0.3, -0.25) is 4.79 Å². The first-order chi connectivity index (χ1) is 11.6. The third-order valence-corrected chi connectivity index (χ3v) is 3.97. The van der Waals surface area contributed by atoms with Crippen molar-refractivity contribution >= 4 is 16.9 Å². The third kappa shape index (κ3) is 3.43. The third-order valence-electron chi connectivity index (χ3n) is 3.97. The van der Waals surface area contributed by atoms with Crippen LogP contribution in [0.1, 0.15) is 30.9 Å². The van der Waals surface area contributed by atoms with Crippen LogP contribution in [0.15, 0.2) is 53.1 Å². The van der Waals surface area contributed by atoms with Gasteiger partial charge >= 0.3 is 5.97 Å². The molecule has 4 heteroatoms. The average Bonchev–Trinajstić information content (AvgIpc) is 2.97. The summed E-state index contributed by atoms with van der Waals surface area (Å²) in [6.45, 7) is 4.28. The molecular weight excluding hydrogens is 304 g/mol. The maximum absolute atomic E-state index is 12.2. The van der Waals surface area contributed by atoms with Crippen LogP contribution in [0.2, 0.25) is 0 Å². The van der Waals surface area contributed by atoms with Crippen molar-refractivity contribution in [2.45, 2.75) is 26.2 Å². The molecule has 0 unspecified atom stereocenters. The Morgan fingerprint density at radius 2 is 1.79 bits per heavy atom. The van der Waals surface area contributed by atoms with Crippen LogP contribution in [0.25, 0.3) is 11.0 Å². The summed E-state index contributed by atoms with van der Waals surface area (Å²) in [5.41, 5.74) is 2.84. The number of carbonyl (C=O) groups excluding carboxylic acids is 1. The molecule has 0 aliphatic heterocycles. The van der Waals surface area contributed by atoms with Crippen molar-refractivity contribution in [3.05, 3.63) is 59.9 Å². The van der Waals surface area contributed by atoms with Gasteiger partial charge < -0.3 is 13.9 Å². The predicted octanol–water partition coefficient (Wildman–Crippen LogP) is 4.71. The molecule has 0 saturated carbocycles. The Kier molecular flexibility index (Phi) is 4.56. The fraction of sp³-hybridized carbons (Fsp3) is 0.250. The Balaban J connectivity index is 1.76. The molecule has 0 saturated heterocycles. The zero-order chi connectivity index (χ0) is 17.1. The molecule has 0 fully saturated rings. The number of methoxy groups -OCH3 is 1. The van der Waals surface area contributed by atoms with Gasteiger partial charge in [0.1, 0.15) is 17.1 Å². The zero-order valence-electron chi connectivity index (χ0n) is 14.0. The smallest absolute Gasteiger partial charge is 0.315 e. The van der Waals surface area contributed by atoms with Gasteiger partial charge in [-0.25, -0.2) is 0 Å². The van der Waals surface area contributed by atoms with Gasteiger partial charge in [-0.05, 0) is 47.9 Å². The molecule has 4 nitrogen and oxygen atoms in total. The van der Waals surface area contributed by atoms with E-state index < -0.39 is 0 Å². The van der Waals surface area contributed by atoms with E-state index in [4.69, 9.17) is 13.9 Å². The maximum Gasteiger partial charge on any atom is 0.315 e. The molecule has 124 valence electrons. The van der Waals surface area contributed by atoms with E-state index >= 15 is 0 Å². The second-order valence-corrected chi connectivity index (χ2v) is 6.00. The Labute approximate surface area is 141 Å². The van der Waals surface area contributed by atoms with Crippen molar-refractivity contribution in [1.82, 2.24) is 0 Å². The lowest BCUT2D eigenvalue weighted by Gasteiger charge is -2.06. The van der Waals surface area contributed by atoms with E-state index in [9.17, 15) is 4.79 Å². The van der Waals surface area contributed by atoms with Gasteiger partial charge in [0.15, 0.2) is 0 Å². The quantitative estimate of drug-likeness (QED) is 0.503. The summed E-state index contributed by atoms with van der Waals surface area (Å²) < 4.78 is 16.0. The topological polar surface area (TPSA) is 48.7 Å². The number of hydrogen-bond acceptors (Lipinski definition) is 4. The Morgan fingerprint density at radius 3 is 2.46 bits per heavy atom. The molecule has 0 N–H and O–H groups in total. The summed E-state index contributed by atoms with van der Waals surface area (Å²) >= 11 is 0. The van der Waals surface area contributed by atoms with E-state index in [1.165, 1.54) is 5.56 Å². The van der Waals surface area contributed by atoms with E-state index in [0.717, 1.165) is 22.3 Å². The second kappa shape index (κ2) is 6.79. The summed E-state index contributed by atoms with van der Waals surface area (Å²) in [4.78, 5) is 12.2. The summed E-state index contributed by atoms with van der Waals surface area (Å²) in [6, 6.07) is 13.0. The van der Waals surface area contributed by atoms with Crippen molar-refractivity contribution in [3.63, 3.8) is 0 Å². The van der Waals surface area contributed by atoms with Crippen molar-refractivity contribution in [1.29, 1.82) is 0 Å². The summed E-state index contributed by atoms with van der Waals surface area (Å²) in [5.74, 6) is 1.31. The fourth-order valence-corrected chi connectivity index (χ4v) is 2.56. The van der Waals surface area contributed by atoms with Gasteiger partial charge in [-0.15, -0.1) is 0 Å². The first-order valence-electron chi connectivity index (χ1n) is 7.91. The van der Waals surface area contributed by atoms with E-state index in [-0.39, 0.29) is 12.4 Å². The molecule has 0 bridgehead atoms. The monoisotopic (exact) mass is 324 g/mol. The molecule has 0 aliphatic carbocycles. The average molecular weight is 324 g/mol. The highest BCUT2D eigenvalue weighted by Crippen LogP contribution is 2.26. The number of rotatable bonds is 5. The van der Waals surface area contributed by atoms with Crippen LogP contribution in [0.4, 0.5) is 0 Å². The molecule has 0 aliphatic rings. The van der Waals surface area contributed by atoms with Crippen molar-refractivity contribution < 1.29 is 18.7 Å². The van der Waals surface area contributed by atoms with Gasteiger partial charge in [0.25, 0.3) is 0 Å². The van der Waals surface area contributed by atoms with E-state index in [1.54, 1.807) is 37.6 Å². The van der Waals surface area contributed by atoms with Crippen LogP contribution in [-0.2, 0) is 11.2 Å². The molecule has 1 aromatic heterocycles. The molecular formula is C20H20O4. The molecule has 24 heavy (non-hydrogen) atoms. The minimum Gasteiger partial charge on any atom is -0.497 e. The predicted molar refractivity (Wildman–Crippen MR) is 92.6 cm³/mol. The SMILES string of the molecule is COc1ccc(OC(=O)Cc2coc3ccc(C(C)C)cc23)cc1. The highest BCUT2D eigenvalue weighted by molar-refractivity contribution is 5.87. The number of hydrogen-bond donors (Lipinski definition) is 0. The van der Waals surface area contributed by atoms with E-state index in [0.29, 0.717) is 11.7 Å². The normalized spacial score (nSPS) is 11.0. The minimum absolute atomic E-state index is 0.167. The molecule has 1 heterocycles. The summed E-state index contributed by atoms with van der Waals surface area (Å²) in [7, 11) is 1.59. The van der Waals surface area contributed by atoms with E-state index in [1.807, 2.05) is 6.07 Å². The second-order valence-electron chi connectivity index (χ2n) is 6.00. The standard InChI is InChI=1S/C20H20O4/c1-13(2)14-4-9-19-18(10-14)15(12-23-19)11-20(21)24-17-7-5-16(22-3)6-8-17/h4-10,12-13H,11H2,1-3H3. The van der Waals surface area contributed by atoms with Gasteiger partial charge in [-0.1, -0.05) is 19.9 Å². The Hall–Kier alpha value is -2.75. The fourth-order valence-electron chi connectivity index (χ4n) is 2.56. The molecule has 0 atom stereocenters. The van der Waals surface area contributed by atoms with Gasteiger partial charge in [-0.2, -0.15) is 0 Å². The zero-order valence-corrected chi connectivity index (χ0v) is 14.0. The Bertz CT molecular complexity index is 844. The number of benzene rings is 2. The lowest BCUT2D eigenvalue weighted by Crippen LogP contribution is -2.10. The lowest BCUT2D eigenvalue weighted by molar-refractivity contribution is -0.133. The minimum atomic E-state index is -0.321. The number of furan rings is 1. The van der Waals surface area contributed by atoms with Crippen molar-refractivity contribution in [2.75, 3.05) is 7.11 Å².